The summed E-state index contributed by atoms with van der Waals surface area (Å²) in [6.45, 7) is 3.16. The lowest BCUT2D eigenvalue weighted by Crippen LogP contribution is -2.43. The van der Waals surface area contributed by atoms with Crippen molar-refractivity contribution in [3.05, 3.63) is 66.1 Å². The summed E-state index contributed by atoms with van der Waals surface area (Å²) in [5.74, 6) is 1.19. The van der Waals surface area contributed by atoms with Gasteiger partial charge in [0.05, 0.1) is 18.8 Å². The minimum Gasteiger partial charge on any atom is -0.359 e. The summed E-state index contributed by atoms with van der Waals surface area (Å²) >= 11 is 0. The van der Waals surface area contributed by atoms with Crippen LogP contribution in [0.4, 0.5) is 0 Å². The lowest BCUT2D eigenvalue weighted by molar-refractivity contribution is -0.139. The standard InChI is InChI=1S/C25H30N4O2/c1-18(25(30)28-17-31-16-22(28)15-19-5-3-2-4-6-19)20-7-9-21(10-8-20)23-11-13-26-24-12-14-27-29(23)24/h2-6,11-14,18,20-22H,7-10,15-17H2,1H3/t18-,20?,21?,22-/m1/s1. The molecule has 1 aliphatic heterocycles. The van der Waals surface area contributed by atoms with Crippen molar-refractivity contribution >= 4 is 11.6 Å². The van der Waals surface area contributed by atoms with E-state index in [2.05, 4.69) is 47.3 Å². The van der Waals surface area contributed by atoms with Gasteiger partial charge in [0.1, 0.15) is 6.73 Å². The maximum Gasteiger partial charge on any atom is 0.227 e. The highest BCUT2D eigenvalue weighted by molar-refractivity contribution is 5.79. The third-order valence-corrected chi connectivity index (χ3v) is 7.18. The molecule has 0 N–H and O–H groups in total. The average molecular weight is 419 g/mol. The first-order valence-electron chi connectivity index (χ1n) is 11.4. The van der Waals surface area contributed by atoms with E-state index in [0.717, 1.165) is 37.8 Å². The number of rotatable bonds is 5. The molecule has 2 atom stereocenters. The molecule has 31 heavy (non-hydrogen) atoms. The van der Waals surface area contributed by atoms with E-state index < -0.39 is 0 Å². The van der Waals surface area contributed by atoms with Gasteiger partial charge < -0.3 is 9.64 Å². The van der Waals surface area contributed by atoms with Gasteiger partial charge in [-0.1, -0.05) is 37.3 Å². The van der Waals surface area contributed by atoms with Crippen LogP contribution in [0.1, 0.15) is 49.8 Å². The number of nitrogens with zero attached hydrogens (tertiary/aromatic N) is 4. The Labute approximate surface area is 183 Å². The van der Waals surface area contributed by atoms with Crippen molar-refractivity contribution < 1.29 is 9.53 Å². The fourth-order valence-electron chi connectivity index (χ4n) is 5.32. The second-order valence-electron chi connectivity index (χ2n) is 9.02. The summed E-state index contributed by atoms with van der Waals surface area (Å²) in [4.78, 5) is 19.7. The molecule has 1 saturated heterocycles. The van der Waals surface area contributed by atoms with Gasteiger partial charge in [0.15, 0.2) is 5.65 Å². The number of aromatic nitrogens is 3. The van der Waals surface area contributed by atoms with Crippen LogP contribution in [-0.4, -0.2) is 44.8 Å². The predicted octanol–water partition coefficient (Wildman–Crippen LogP) is 4.07. The third kappa shape index (κ3) is 4.09. The highest BCUT2D eigenvalue weighted by Gasteiger charge is 2.37. The van der Waals surface area contributed by atoms with Crippen molar-refractivity contribution in [3.63, 3.8) is 0 Å². The van der Waals surface area contributed by atoms with E-state index in [1.165, 1.54) is 11.3 Å². The van der Waals surface area contributed by atoms with Crippen LogP contribution in [0, 0.1) is 11.8 Å². The molecule has 0 spiro atoms. The van der Waals surface area contributed by atoms with Crippen LogP contribution in [0.3, 0.4) is 0 Å². The molecule has 5 rings (SSSR count). The molecule has 3 aromatic rings. The van der Waals surface area contributed by atoms with Crippen LogP contribution < -0.4 is 0 Å². The van der Waals surface area contributed by atoms with E-state index >= 15 is 0 Å². The second kappa shape index (κ2) is 8.79. The first-order valence-corrected chi connectivity index (χ1v) is 11.4. The Bertz CT molecular complexity index is 1030. The zero-order chi connectivity index (χ0) is 21.2. The van der Waals surface area contributed by atoms with Gasteiger partial charge in [-0.15, -0.1) is 0 Å². The molecule has 1 amide bonds. The van der Waals surface area contributed by atoms with Gasteiger partial charge in [-0.05, 0) is 49.7 Å². The van der Waals surface area contributed by atoms with Crippen LogP contribution >= 0.6 is 0 Å². The Morgan fingerprint density at radius 2 is 1.90 bits per heavy atom. The summed E-state index contributed by atoms with van der Waals surface area (Å²) in [6, 6.07) is 14.6. The molecular formula is C25H30N4O2. The van der Waals surface area contributed by atoms with Gasteiger partial charge in [-0.3, -0.25) is 4.79 Å². The number of carbonyl (C=O) groups excluding carboxylic acids is 1. The molecule has 3 heterocycles. The van der Waals surface area contributed by atoms with Crippen LogP contribution in [-0.2, 0) is 16.0 Å². The zero-order valence-electron chi connectivity index (χ0n) is 18.1. The smallest absolute Gasteiger partial charge is 0.227 e. The normalized spacial score (nSPS) is 25.1. The first-order chi connectivity index (χ1) is 15.2. The molecule has 0 radical (unpaired) electrons. The summed E-state index contributed by atoms with van der Waals surface area (Å²) in [6.07, 6.45) is 8.86. The van der Waals surface area contributed by atoms with Crippen LogP contribution in [0.25, 0.3) is 5.65 Å². The fraction of sp³-hybridized carbons (Fsp3) is 0.480. The molecule has 6 heteroatoms. The Morgan fingerprint density at radius 1 is 1.10 bits per heavy atom. The molecule has 2 aliphatic rings. The van der Waals surface area contributed by atoms with E-state index in [4.69, 9.17) is 4.74 Å². The van der Waals surface area contributed by atoms with E-state index in [1.54, 1.807) is 0 Å². The minimum atomic E-state index is 0.0306. The number of hydrogen-bond donors (Lipinski definition) is 0. The van der Waals surface area contributed by atoms with E-state index in [1.807, 2.05) is 33.9 Å². The minimum absolute atomic E-state index is 0.0306. The molecule has 1 aromatic carbocycles. The van der Waals surface area contributed by atoms with Crippen molar-refractivity contribution in [2.24, 2.45) is 11.8 Å². The highest BCUT2D eigenvalue weighted by atomic mass is 16.5. The molecule has 0 bridgehead atoms. The average Bonchev–Trinajstić information content (AvgIpc) is 3.48. The van der Waals surface area contributed by atoms with Crippen molar-refractivity contribution in [2.75, 3.05) is 13.3 Å². The van der Waals surface area contributed by atoms with Gasteiger partial charge in [0.2, 0.25) is 5.91 Å². The largest absolute Gasteiger partial charge is 0.359 e. The molecule has 0 unspecified atom stereocenters. The Morgan fingerprint density at radius 3 is 2.71 bits per heavy atom. The van der Waals surface area contributed by atoms with Crippen LogP contribution in [0.15, 0.2) is 54.9 Å². The van der Waals surface area contributed by atoms with Gasteiger partial charge in [-0.2, -0.15) is 5.10 Å². The monoisotopic (exact) mass is 418 g/mol. The van der Waals surface area contributed by atoms with Gasteiger partial charge in [0, 0.05) is 29.8 Å². The SMILES string of the molecule is C[C@@H](C(=O)N1COC[C@H]1Cc1ccccc1)C1CCC(c2ccnc3ccnn23)CC1. The summed E-state index contributed by atoms with van der Waals surface area (Å²) in [5.41, 5.74) is 3.40. The highest BCUT2D eigenvalue weighted by Crippen LogP contribution is 2.39. The maximum absolute atomic E-state index is 13.4. The zero-order valence-corrected chi connectivity index (χ0v) is 18.1. The van der Waals surface area contributed by atoms with Crippen LogP contribution in [0.5, 0.6) is 0 Å². The maximum atomic E-state index is 13.4. The van der Waals surface area contributed by atoms with Gasteiger partial charge in [0.25, 0.3) is 0 Å². The molecule has 2 aromatic heterocycles. The number of ether oxygens (including phenoxy) is 1. The van der Waals surface area contributed by atoms with Crippen molar-refractivity contribution in [2.45, 2.75) is 51.0 Å². The number of benzene rings is 1. The molecule has 1 saturated carbocycles. The number of carbonyl (C=O) groups is 1. The van der Waals surface area contributed by atoms with Gasteiger partial charge in [-0.25, -0.2) is 9.50 Å². The lowest BCUT2D eigenvalue weighted by atomic mass is 9.75. The Hall–Kier alpha value is -2.73. The second-order valence-corrected chi connectivity index (χ2v) is 9.02. The van der Waals surface area contributed by atoms with E-state index in [-0.39, 0.29) is 17.9 Å². The third-order valence-electron chi connectivity index (χ3n) is 7.18. The van der Waals surface area contributed by atoms with Gasteiger partial charge >= 0.3 is 0 Å². The predicted molar refractivity (Wildman–Crippen MR) is 118 cm³/mol. The van der Waals surface area contributed by atoms with Crippen LogP contribution in [0.2, 0.25) is 0 Å². The van der Waals surface area contributed by atoms with Crippen molar-refractivity contribution in [1.29, 1.82) is 0 Å². The number of hydrogen-bond acceptors (Lipinski definition) is 4. The number of fused-ring (bicyclic) bond motifs is 1. The van der Waals surface area contributed by atoms with E-state index in [0.29, 0.717) is 25.2 Å². The van der Waals surface area contributed by atoms with Crippen molar-refractivity contribution in [3.8, 4) is 0 Å². The number of amides is 1. The molecule has 2 fully saturated rings. The molecule has 6 nitrogen and oxygen atoms in total. The Kier molecular flexibility index (Phi) is 5.72. The Balaban J connectivity index is 1.21. The summed E-state index contributed by atoms with van der Waals surface area (Å²) in [5, 5.41) is 4.45. The first kappa shape index (κ1) is 20.2. The topological polar surface area (TPSA) is 59.7 Å². The molecule has 1 aliphatic carbocycles. The summed E-state index contributed by atoms with van der Waals surface area (Å²) in [7, 11) is 0. The molecular weight excluding hydrogens is 388 g/mol. The molecule has 162 valence electrons. The van der Waals surface area contributed by atoms with E-state index in [9.17, 15) is 4.79 Å². The quantitative estimate of drug-likeness (QED) is 0.627. The summed E-state index contributed by atoms with van der Waals surface area (Å²) < 4.78 is 7.67. The van der Waals surface area contributed by atoms with Crippen molar-refractivity contribution in [1.82, 2.24) is 19.5 Å². The lowest BCUT2D eigenvalue weighted by Gasteiger charge is -2.34. The fourth-order valence-corrected chi connectivity index (χ4v) is 5.32.